The molecule has 2 N–H and O–H groups in total. The minimum absolute atomic E-state index is 0.0651. The number of benzene rings is 1. The van der Waals surface area contributed by atoms with Crippen molar-refractivity contribution in [3.05, 3.63) is 41.9 Å². The van der Waals surface area contributed by atoms with Gasteiger partial charge in [-0.2, -0.15) is 0 Å². The average molecular weight is 327 g/mol. The van der Waals surface area contributed by atoms with Crippen molar-refractivity contribution in [1.29, 1.82) is 0 Å². The normalized spacial score (nSPS) is 20.5. The molecule has 1 aromatic heterocycles. The summed E-state index contributed by atoms with van der Waals surface area (Å²) in [5.74, 6) is 1.57. The smallest absolute Gasteiger partial charge is 0.223 e. The van der Waals surface area contributed by atoms with E-state index in [0.717, 1.165) is 36.5 Å². The monoisotopic (exact) mass is 327 g/mol. The number of carbonyl (C=O) groups excluding carboxylic acids is 1. The van der Waals surface area contributed by atoms with Gasteiger partial charge in [0.25, 0.3) is 0 Å². The number of aryl methyl sites for hydroxylation is 2. The van der Waals surface area contributed by atoms with Gasteiger partial charge in [0.05, 0.1) is 5.69 Å². The van der Waals surface area contributed by atoms with Crippen LogP contribution in [0.25, 0.3) is 11.3 Å². The Kier molecular flexibility index (Phi) is 4.71. The van der Waals surface area contributed by atoms with Crippen LogP contribution in [0.3, 0.4) is 0 Å². The van der Waals surface area contributed by atoms with Crippen LogP contribution in [0, 0.1) is 12.3 Å². The van der Waals surface area contributed by atoms with Crippen LogP contribution < -0.4 is 5.73 Å². The lowest BCUT2D eigenvalue weighted by Gasteiger charge is -2.22. The summed E-state index contributed by atoms with van der Waals surface area (Å²) in [4.78, 5) is 18.8. The lowest BCUT2D eigenvalue weighted by Crippen LogP contribution is -2.34. The van der Waals surface area contributed by atoms with Gasteiger partial charge in [-0.25, -0.2) is 4.98 Å². The van der Waals surface area contributed by atoms with Gasteiger partial charge in [0, 0.05) is 31.5 Å². The number of oxazole rings is 1. The van der Waals surface area contributed by atoms with Gasteiger partial charge in [0.1, 0.15) is 0 Å². The maximum Gasteiger partial charge on any atom is 0.223 e. The first-order valence-electron chi connectivity index (χ1n) is 8.50. The van der Waals surface area contributed by atoms with Crippen LogP contribution in [0.4, 0.5) is 0 Å². The van der Waals surface area contributed by atoms with Crippen molar-refractivity contribution in [2.75, 3.05) is 19.6 Å². The molecule has 0 saturated carbocycles. The van der Waals surface area contributed by atoms with Crippen LogP contribution in [-0.2, 0) is 11.2 Å². The Morgan fingerprint density at radius 2 is 2.12 bits per heavy atom. The first kappa shape index (κ1) is 16.7. The van der Waals surface area contributed by atoms with Crippen LogP contribution in [0.15, 0.2) is 34.7 Å². The second kappa shape index (κ2) is 6.77. The van der Waals surface area contributed by atoms with E-state index in [0.29, 0.717) is 25.3 Å². The molecule has 5 nitrogen and oxygen atoms in total. The summed E-state index contributed by atoms with van der Waals surface area (Å²) in [6, 6.07) is 9.92. The van der Waals surface area contributed by atoms with E-state index in [4.69, 9.17) is 10.2 Å². The number of hydrogen-bond acceptors (Lipinski definition) is 4. The highest BCUT2D eigenvalue weighted by atomic mass is 16.4. The molecular formula is C19H25N3O2. The maximum atomic E-state index is 12.4. The minimum atomic E-state index is 0.0651. The molecule has 1 unspecified atom stereocenters. The number of nitrogens with zero attached hydrogens (tertiary/aromatic N) is 2. The predicted octanol–water partition coefficient (Wildman–Crippen LogP) is 2.78. The molecule has 2 heterocycles. The molecule has 1 amide bonds. The molecule has 1 fully saturated rings. The first-order chi connectivity index (χ1) is 11.5. The van der Waals surface area contributed by atoms with Crippen LogP contribution in [0.5, 0.6) is 0 Å². The summed E-state index contributed by atoms with van der Waals surface area (Å²) in [6.45, 7) is 6.25. The lowest BCUT2D eigenvalue weighted by molar-refractivity contribution is -0.130. The molecule has 5 heteroatoms. The van der Waals surface area contributed by atoms with Crippen molar-refractivity contribution >= 4 is 5.91 Å². The van der Waals surface area contributed by atoms with E-state index in [9.17, 15) is 4.79 Å². The SMILES string of the molecule is Cc1nc(CCC(=O)N2CCC(C)(CN)C2)oc1-c1ccccc1. The fourth-order valence-corrected chi connectivity index (χ4v) is 3.19. The Labute approximate surface area is 142 Å². The van der Waals surface area contributed by atoms with Crippen molar-refractivity contribution in [2.24, 2.45) is 11.1 Å². The molecule has 2 aromatic rings. The summed E-state index contributed by atoms with van der Waals surface area (Å²) in [6.07, 6.45) is 1.93. The van der Waals surface area contributed by atoms with E-state index >= 15 is 0 Å². The van der Waals surface area contributed by atoms with Crippen LogP contribution >= 0.6 is 0 Å². The number of amides is 1. The van der Waals surface area contributed by atoms with Crippen molar-refractivity contribution in [3.8, 4) is 11.3 Å². The third-order valence-corrected chi connectivity index (χ3v) is 4.83. The third-order valence-electron chi connectivity index (χ3n) is 4.83. The van der Waals surface area contributed by atoms with E-state index in [1.54, 1.807) is 0 Å². The molecule has 3 rings (SSSR count). The second-order valence-corrected chi connectivity index (χ2v) is 6.97. The Hall–Kier alpha value is -2.14. The fourth-order valence-electron chi connectivity index (χ4n) is 3.19. The number of likely N-dealkylation sites (tertiary alicyclic amines) is 1. The molecular weight excluding hydrogens is 302 g/mol. The van der Waals surface area contributed by atoms with Crippen LogP contribution in [-0.4, -0.2) is 35.4 Å². The van der Waals surface area contributed by atoms with E-state index in [1.165, 1.54) is 0 Å². The van der Waals surface area contributed by atoms with Gasteiger partial charge < -0.3 is 15.1 Å². The van der Waals surface area contributed by atoms with Gasteiger partial charge in [-0.1, -0.05) is 37.3 Å². The van der Waals surface area contributed by atoms with Gasteiger partial charge in [-0.15, -0.1) is 0 Å². The second-order valence-electron chi connectivity index (χ2n) is 6.97. The molecule has 24 heavy (non-hydrogen) atoms. The zero-order valence-corrected chi connectivity index (χ0v) is 14.4. The van der Waals surface area contributed by atoms with Gasteiger partial charge in [-0.05, 0) is 25.3 Å². The molecule has 0 spiro atoms. The van der Waals surface area contributed by atoms with Crippen molar-refractivity contribution in [2.45, 2.75) is 33.1 Å². The van der Waals surface area contributed by atoms with E-state index < -0.39 is 0 Å². The summed E-state index contributed by atoms with van der Waals surface area (Å²) in [5.41, 5.74) is 7.75. The average Bonchev–Trinajstić information content (AvgIpc) is 3.17. The largest absolute Gasteiger partial charge is 0.440 e. The lowest BCUT2D eigenvalue weighted by atomic mass is 9.90. The molecule has 1 saturated heterocycles. The molecule has 1 aromatic carbocycles. The predicted molar refractivity (Wildman–Crippen MR) is 93.4 cm³/mol. The first-order valence-corrected chi connectivity index (χ1v) is 8.50. The number of rotatable bonds is 5. The fraction of sp³-hybridized carbons (Fsp3) is 0.474. The summed E-state index contributed by atoms with van der Waals surface area (Å²) in [7, 11) is 0. The quantitative estimate of drug-likeness (QED) is 0.916. The van der Waals surface area contributed by atoms with Crippen LogP contribution in [0.1, 0.15) is 31.4 Å². The maximum absolute atomic E-state index is 12.4. The van der Waals surface area contributed by atoms with Crippen molar-refractivity contribution in [1.82, 2.24) is 9.88 Å². The molecule has 1 aliphatic heterocycles. The molecule has 0 bridgehead atoms. The Bertz CT molecular complexity index is 711. The van der Waals surface area contributed by atoms with Crippen molar-refractivity contribution in [3.63, 3.8) is 0 Å². The topological polar surface area (TPSA) is 72.4 Å². The number of hydrogen-bond donors (Lipinski definition) is 1. The highest BCUT2D eigenvalue weighted by molar-refractivity contribution is 5.76. The third kappa shape index (κ3) is 3.51. The summed E-state index contributed by atoms with van der Waals surface area (Å²) < 4.78 is 5.87. The highest BCUT2D eigenvalue weighted by Crippen LogP contribution is 2.29. The number of nitrogens with two attached hydrogens (primary N) is 1. The van der Waals surface area contributed by atoms with Gasteiger partial charge in [0.2, 0.25) is 5.91 Å². The zero-order valence-electron chi connectivity index (χ0n) is 14.4. The van der Waals surface area contributed by atoms with Gasteiger partial charge in [0.15, 0.2) is 11.7 Å². The highest BCUT2D eigenvalue weighted by Gasteiger charge is 2.34. The Morgan fingerprint density at radius 3 is 2.79 bits per heavy atom. The van der Waals surface area contributed by atoms with E-state index in [-0.39, 0.29) is 11.3 Å². The van der Waals surface area contributed by atoms with E-state index in [2.05, 4.69) is 11.9 Å². The molecule has 0 aliphatic carbocycles. The Morgan fingerprint density at radius 1 is 1.38 bits per heavy atom. The number of aromatic nitrogens is 1. The molecule has 0 radical (unpaired) electrons. The van der Waals surface area contributed by atoms with E-state index in [1.807, 2.05) is 42.2 Å². The molecule has 128 valence electrons. The molecule has 1 atom stereocenters. The van der Waals surface area contributed by atoms with Crippen molar-refractivity contribution < 1.29 is 9.21 Å². The standard InChI is InChI=1S/C19H25N3O2/c1-14-18(15-6-4-3-5-7-15)24-16(21-14)8-9-17(23)22-11-10-19(2,12-20)13-22/h3-7H,8-13,20H2,1-2H3. The summed E-state index contributed by atoms with van der Waals surface area (Å²) in [5, 5.41) is 0. The number of carbonyl (C=O) groups is 1. The van der Waals surface area contributed by atoms with Gasteiger partial charge in [-0.3, -0.25) is 4.79 Å². The van der Waals surface area contributed by atoms with Gasteiger partial charge >= 0.3 is 0 Å². The van der Waals surface area contributed by atoms with Crippen LogP contribution in [0.2, 0.25) is 0 Å². The minimum Gasteiger partial charge on any atom is -0.440 e. The summed E-state index contributed by atoms with van der Waals surface area (Å²) >= 11 is 0. The molecule has 1 aliphatic rings. The Balaban J connectivity index is 1.61. The zero-order chi connectivity index (χ0) is 17.2.